The minimum Gasteiger partial charge on any atom is -0.397 e. The number of nitrogens with zero attached hydrogens (tertiary/aromatic N) is 2. The molecule has 1 aliphatic carbocycles. The maximum absolute atomic E-state index is 12.1. The van der Waals surface area contributed by atoms with Gasteiger partial charge in [-0.15, -0.1) is 0 Å². The van der Waals surface area contributed by atoms with Crippen LogP contribution in [0.15, 0.2) is 18.2 Å². The second-order valence-electron chi connectivity index (χ2n) is 5.26. The molecule has 1 heterocycles. The van der Waals surface area contributed by atoms with Crippen LogP contribution >= 0.6 is 0 Å². The monoisotopic (exact) mass is 245 g/mol. The van der Waals surface area contributed by atoms with Crippen LogP contribution in [0.1, 0.15) is 18.4 Å². The Balaban J connectivity index is 1.74. The molecule has 0 aromatic heterocycles. The molecule has 0 radical (unpaired) electrons. The van der Waals surface area contributed by atoms with Crippen LogP contribution in [0.5, 0.6) is 0 Å². The maximum atomic E-state index is 12.1. The number of rotatable bonds is 3. The quantitative estimate of drug-likeness (QED) is 0.815. The van der Waals surface area contributed by atoms with E-state index in [9.17, 15) is 4.79 Å². The molecule has 1 fully saturated rings. The molecule has 4 nitrogen and oxygen atoms in total. The van der Waals surface area contributed by atoms with E-state index in [-0.39, 0.29) is 5.91 Å². The number of hydrogen-bond acceptors (Lipinski definition) is 3. The SMILES string of the molecule is CN(C(=O)CN1CCc2cccc(N)c21)C1CC1. The van der Waals surface area contributed by atoms with Gasteiger partial charge in [-0.2, -0.15) is 0 Å². The van der Waals surface area contributed by atoms with Gasteiger partial charge in [0.15, 0.2) is 0 Å². The van der Waals surface area contributed by atoms with E-state index in [1.54, 1.807) is 0 Å². The lowest BCUT2D eigenvalue weighted by Crippen LogP contribution is -2.39. The summed E-state index contributed by atoms with van der Waals surface area (Å²) in [4.78, 5) is 16.1. The topological polar surface area (TPSA) is 49.6 Å². The van der Waals surface area contributed by atoms with Crippen molar-refractivity contribution in [1.29, 1.82) is 0 Å². The molecule has 1 saturated carbocycles. The molecule has 1 aromatic carbocycles. The van der Waals surface area contributed by atoms with Crippen molar-refractivity contribution in [2.24, 2.45) is 0 Å². The van der Waals surface area contributed by atoms with E-state index in [0.717, 1.165) is 37.2 Å². The summed E-state index contributed by atoms with van der Waals surface area (Å²) in [5, 5.41) is 0. The zero-order valence-electron chi connectivity index (χ0n) is 10.7. The Morgan fingerprint density at radius 2 is 2.28 bits per heavy atom. The molecule has 1 aliphatic heterocycles. The Labute approximate surface area is 107 Å². The van der Waals surface area contributed by atoms with Crippen LogP contribution in [0.4, 0.5) is 11.4 Å². The predicted molar refractivity (Wildman–Crippen MR) is 72.6 cm³/mol. The van der Waals surface area contributed by atoms with Gasteiger partial charge in [-0.05, 0) is 30.9 Å². The zero-order chi connectivity index (χ0) is 12.7. The summed E-state index contributed by atoms with van der Waals surface area (Å²) < 4.78 is 0. The lowest BCUT2D eigenvalue weighted by Gasteiger charge is -2.24. The second kappa shape index (κ2) is 4.19. The molecular formula is C14H19N3O. The average molecular weight is 245 g/mol. The smallest absolute Gasteiger partial charge is 0.242 e. The largest absolute Gasteiger partial charge is 0.397 e. The van der Waals surface area contributed by atoms with Gasteiger partial charge in [-0.3, -0.25) is 4.79 Å². The van der Waals surface area contributed by atoms with Crippen molar-refractivity contribution < 1.29 is 4.79 Å². The second-order valence-corrected chi connectivity index (χ2v) is 5.26. The van der Waals surface area contributed by atoms with Crippen molar-refractivity contribution in [2.75, 3.05) is 30.8 Å². The van der Waals surface area contributed by atoms with Crippen LogP contribution in [0.25, 0.3) is 0 Å². The normalized spacial score (nSPS) is 17.7. The number of hydrogen-bond donors (Lipinski definition) is 1. The van der Waals surface area contributed by atoms with E-state index in [1.165, 1.54) is 5.56 Å². The van der Waals surface area contributed by atoms with Crippen LogP contribution in [0.2, 0.25) is 0 Å². The number of nitrogens with two attached hydrogens (primary N) is 1. The highest BCUT2D eigenvalue weighted by Crippen LogP contribution is 2.33. The first-order chi connectivity index (χ1) is 8.66. The summed E-state index contributed by atoms with van der Waals surface area (Å²) in [6, 6.07) is 6.47. The fourth-order valence-corrected chi connectivity index (χ4v) is 2.66. The fourth-order valence-electron chi connectivity index (χ4n) is 2.66. The van der Waals surface area contributed by atoms with Crippen LogP contribution in [0, 0.1) is 0 Å². The summed E-state index contributed by atoms with van der Waals surface area (Å²) in [7, 11) is 1.91. The van der Waals surface area contributed by atoms with Gasteiger partial charge in [0, 0.05) is 19.6 Å². The third-order valence-electron chi connectivity index (χ3n) is 3.93. The van der Waals surface area contributed by atoms with Crippen LogP contribution in [-0.4, -0.2) is 37.0 Å². The lowest BCUT2D eigenvalue weighted by atomic mass is 10.1. The first-order valence-electron chi connectivity index (χ1n) is 6.55. The van der Waals surface area contributed by atoms with E-state index in [0.29, 0.717) is 12.6 Å². The third-order valence-corrected chi connectivity index (χ3v) is 3.93. The molecule has 96 valence electrons. The molecule has 3 rings (SSSR count). The van der Waals surface area contributed by atoms with Gasteiger partial charge in [-0.25, -0.2) is 0 Å². The lowest BCUT2D eigenvalue weighted by molar-refractivity contribution is -0.128. The molecule has 0 spiro atoms. The Morgan fingerprint density at radius 1 is 1.50 bits per heavy atom. The predicted octanol–water partition coefficient (Wildman–Crippen LogP) is 1.25. The zero-order valence-corrected chi connectivity index (χ0v) is 10.7. The van der Waals surface area contributed by atoms with Gasteiger partial charge in [-0.1, -0.05) is 12.1 Å². The minimum absolute atomic E-state index is 0.202. The molecular weight excluding hydrogens is 226 g/mol. The number of nitrogen functional groups attached to an aromatic ring is 1. The Hall–Kier alpha value is -1.71. The Morgan fingerprint density at radius 3 is 3.00 bits per heavy atom. The van der Waals surface area contributed by atoms with Gasteiger partial charge >= 0.3 is 0 Å². The molecule has 0 atom stereocenters. The fraction of sp³-hybridized carbons (Fsp3) is 0.500. The number of anilines is 2. The summed E-state index contributed by atoms with van der Waals surface area (Å²) in [5.74, 6) is 0.202. The van der Waals surface area contributed by atoms with Gasteiger partial charge in [0.25, 0.3) is 0 Å². The average Bonchev–Trinajstić information content (AvgIpc) is 3.12. The van der Waals surface area contributed by atoms with E-state index >= 15 is 0 Å². The van der Waals surface area contributed by atoms with Crippen molar-refractivity contribution in [3.8, 4) is 0 Å². The third kappa shape index (κ3) is 1.92. The standard InChI is InChI=1S/C14H19N3O/c1-16(11-5-6-11)13(18)9-17-8-7-10-3-2-4-12(15)14(10)17/h2-4,11H,5-9,15H2,1H3. The summed E-state index contributed by atoms with van der Waals surface area (Å²) in [6.45, 7) is 1.35. The first kappa shape index (κ1) is 11.4. The van der Waals surface area contributed by atoms with E-state index in [4.69, 9.17) is 5.73 Å². The van der Waals surface area contributed by atoms with E-state index in [1.807, 2.05) is 24.1 Å². The summed E-state index contributed by atoms with van der Waals surface area (Å²) >= 11 is 0. The highest BCUT2D eigenvalue weighted by atomic mass is 16.2. The van der Waals surface area contributed by atoms with E-state index in [2.05, 4.69) is 11.0 Å². The number of carbonyl (C=O) groups excluding carboxylic acids is 1. The number of amides is 1. The molecule has 2 N–H and O–H groups in total. The van der Waals surface area contributed by atoms with Gasteiger partial charge in [0.1, 0.15) is 0 Å². The Bertz CT molecular complexity index is 482. The van der Waals surface area contributed by atoms with Gasteiger partial charge in [0.2, 0.25) is 5.91 Å². The number of carbonyl (C=O) groups is 1. The Kier molecular flexibility index (Phi) is 2.65. The molecule has 1 amide bonds. The molecule has 1 aromatic rings. The van der Waals surface area contributed by atoms with Crippen LogP contribution < -0.4 is 10.6 Å². The first-order valence-corrected chi connectivity index (χ1v) is 6.55. The highest BCUT2D eigenvalue weighted by Gasteiger charge is 2.31. The van der Waals surface area contributed by atoms with Crippen molar-refractivity contribution in [3.05, 3.63) is 23.8 Å². The number of para-hydroxylation sites is 1. The number of fused-ring (bicyclic) bond motifs is 1. The van der Waals surface area contributed by atoms with Crippen LogP contribution in [0.3, 0.4) is 0 Å². The molecule has 0 saturated heterocycles. The molecule has 0 bridgehead atoms. The molecule has 4 heteroatoms. The van der Waals surface area contributed by atoms with E-state index < -0.39 is 0 Å². The molecule has 2 aliphatic rings. The van der Waals surface area contributed by atoms with Gasteiger partial charge < -0.3 is 15.5 Å². The molecule has 0 unspecified atom stereocenters. The maximum Gasteiger partial charge on any atom is 0.242 e. The van der Waals surface area contributed by atoms with Crippen molar-refractivity contribution in [2.45, 2.75) is 25.3 Å². The van der Waals surface area contributed by atoms with Crippen molar-refractivity contribution >= 4 is 17.3 Å². The highest BCUT2D eigenvalue weighted by molar-refractivity contribution is 5.85. The van der Waals surface area contributed by atoms with Crippen molar-refractivity contribution in [3.63, 3.8) is 0 Å². The number of likely N-dealkylation sites (N-methyl/N-ethyl adjacent to an activating group) is 1. The van der Waals surface area contributed by atoms with Crippen LogP contribution in [-0.2, 0) is 11.2 Å². The minimum atomic E-state index is 0.202. The summed E-state index contributed by atoms with van der Waals surface area (Å²) in [6.07, 6.45) is 3.29. The molecule has 18 heavy (non-hydrogen) atoms. The summed E-state index contributed by atoms with van der Waals surface area (Å²) in [5.41, 5.74) is 9.13. The number of benzene rings is 1. The van der Waals surface area contributed by atoms with Crippen molar-refractivity contribution in [1.82, 2.24) is 4.90 Å². The van der Waals surface area contributed by atoms with Gasteiger partial charge in [0.05, 0.1) is 17.9 Å².